The molecule has 0 saturated heterocycles. The number of aliphatic hydroxyl groups excluding tert-OH is 3. The number of carboxylic acid groups (broad SMARTS) is 1. The van der Waals surface area contributed by atoms with E-state index in [4.69, 9.17) is 22.3 Å². The number of hydrogen-bond donors (Lipinski definition) is 14. The lowest BCUT2D eigenvalue weighted by molar-refractivity contribution is -0.145. The van der Waals surface area contributed by atoms with E-state index in [-0.39, 0.29) is 25.3 Å². The highest BCUT2D eigenvalue weighted by Crippen LogP contribution is 2.19. The molecule has 1 aromatic carbocycles. The molecule has 0 aliphatic carbocycles. The van der Waals surface area contributed by atoms with Crippen molar-refractivity contribution in [3.05, 3.63) is 36.0 Å². The van der Waals surface area contributed by atoms with E-state index in [0.717, 1.165) is 17.8 Å². The van der Waals surface area contributed by atoms with Crippen LogP contribution in [-0.4, -0.2) is 142 Å². The fourth-order valence-corrected chi connectivity index (χ4v) is 4.74. The predicted octanol–water partition coefficient (Wildman–Crippen LogP) is -6.29. The number of carbonyl (C=O) groups is 7. The Bertz CT molecular complexity index is 1630. The lowest BCUT2D eigenvalue weighted by Gasteiger charge is -2.23. The molecular formula is C31H47N11O11. The quantitative estimate of drug-likeness (QED) is 0.0303. The van der Waals surface area contributed by atoms with Gasteiger partial charge in [0.15, 0.2) is 12.0 Å². The number of carbonyl (C=O) groups excluding carboxylic acids is 6. The van der Waals surface area contributed by atoms with Gasteiger partial charge in [-0.15, -0.1) is 0 Å². The third-order valence-corrected chi connectivity index (χ3v) is 7.60. The fraction of sp³-hybridized carbons (Fsp3) is 0.484. The van der Waals surface area contributed by atoms with Crippen molar-refractivity contribution in [1.82, 2.24) is 36.9 Å². The van der Waals surface area contributed by atoms with Crippen LogP contribution in [0.3, 0.4) is 0 Å². The van der Waals surface area contributed by atoms with Crippen molar-refractivity contribution < 1.29 is 54.0 Å². The molecule has 6 amide bonds. The first kappa shape index (κ1) is 43.3. The number of nitrogens with zero attached hydrogens (tertiary/aromatic N) is 1. The van der Waals surface area contributed by atoms with Crippen LogP contribution < -0.4 is 49.1 Å². The summed E-state index contributed by atoms with van der Waals surface area (Å²) in [6.45, 7) is -1.96. The molecule has 53 heavy (non-hydrogen) atoms. The highest BCUT2D eigenvalue weighted by molar-refractivity contribution is 5.96. The van der Waals surface area contributed by atoms with Crippen molar-refractivity contribution in [1.29, 1.82) is 0 Å². The van der Waals surface area contributed by atoms with Crippen molar-refractivity contribution >= 4 is 58.3 Å². The number of aromatic nitrogens is 1. The second kappa shape index (κ2) is 21.5. The van der Waals surface area contributed by atoms with Gasteiger partial charge in [0.2, 0.25) is 35.4 Å². The first-order chi connectivity index (χ1) is 25.1. The summed E-state index contributed by atoms with van der Waals surface area (Å²) in [5.41, 5.74) is 18.1. The van der Waals surface area contributed by atoms with E-state index >= 15 is 0 Å². The molecule has 2 rings (SSSR count). The Labute approximate surface area is 302 Å². The summed E-state index contributed by atoms with van der Waals surface area (Å²) in [6.07, 6.45) is 0.690. The Hall–Kier alpha value is -5.84. The normalized spacial score (nSPS) is 14.3. The summed E-state index contributed by atoms with van der Waals surface area (Å²) in [5.74, 6) is -7.17. The molecule has 0 aliphatic heterocycles. The Morgan fingerprint density at radius 3 is 2.04 bits per heavy atom. The SMILES string of the molecule is C[C@@H](O)[C@H](NC(=O)[C@H](CO)NC(=O)CNC(=O)CNC(=O)[C@H](CO)NC(=O)[C@H](Cc1c[nH]c2ccccc12)NC(=O)[C@@H](N)CCCN=C(N)N)C(=O)O. The van der Waals surface area contributed by atoms with E-state index in [1.807, 2.05) is 23.5 Å². The van der Waals surface area contributed by atoms with E-state index < -0.39 is 104 Å². The molecule has 22 heteroatoms. The van der Waals surface area contributed by atoms with E-state index in [2.05, 4.69) is 36.6 Å². The van der Waals surface area contributed by atoms with Gasteiger partial charge >= 0.3 is 5.97 Å². The highest BCUT2D eigenvalue weighted by atomic mass is 16.4. The molecule has 1 heterocycles. The molecule has 1 aromatic heterocycles. The van der Waals surface area contributed by atoms with Gasteiger partial charge in [0.25, 0.3) is 0 Å². The molecular weight excluding hydrogens is 702 g/mol. The smallest absolute Gasteiger partial charge is 0.328 e. The van der Waals surface area contributed by atoms with Crippen LogP contribution in [0.5, 0.6) is 0 Å². The van der Waals surface area contributed by atoms with E-state index in [1.165, 1.54) is 0 Å². The van der Waals surface area contributed by atoms with E-state index in [9.17, 15) is 48.9 Å². The number of nitrogens with two attached hydrogens (primary N) is 3. The van der Waals surface area contributed by atoms with Gasteiger partial charge in [-0.25, -0.2) is 4.79 Å². The number of nitrogens with one attached hydrogen (secondary N) is 7. The zero-order chi connectivity index (χ0) is 39.7. The Balaban J connectivity index is 1.99. The molecule has 0 spiro atoms. The zero-order valence-electron chi connectivity index (χ0n) is 28.8. The van der Waals surface area contributed by atoms with Gasteiger partial charge in [0, 0.05) is 30.1 Å². The first-order valence-corrected chi connectivity index (χ1v) is 16.3. The van der Waals surface area contributed by atoms with Gasteiger partial charge < -0.3 is 74.5 Å². The number of aliphatic carboxylic acids is 1. The van der Waals surface area contributed by atoms with Crippen molar-refractivity contribution in [2.24, 2.45) is 22.2 Å². The number of aliphatic imine (C=N–C) groups is 1. The molecule has 6 atom stereocenters. The van der Waals surface area contributed by atoms with Gasteiger partial charge in [-0.05, 0) is 31.4 Å². The number of carboxylic acids is 1. The highest BCUT2D eigenvalue weighted by Gasteiger charge is 2.30. The molecule has 22 nitrogen and oxygen atoms in total. The largest absolute Gasteiger partial charge is 0.480 e. The molecule has 0 aliphatic rings. The van der Waals surface area contributed by atoms with Crippen molar-refractivity contribution in [2.75, 3.05) is 32.8 Å². The number of para-hydroxylation sites is 1. The number of benzene rings is 1. The number of amides is 6. The Kier molecular flexibility index (Phi) is 17.6. The number of aromatic amines is 1. The van der Waals surface area contributed by atoms with Crippen LogP contribution in [-0.2, 0) is 40.0 Å². The molecule has 17 N–H and O–H groups in total. The van der Waals surface area contributed by atoms with Crippen LogP contribution in [0.25, 0.3) is 10.9 Å². The maximum atomic E-state index is 13.4. The average molecular weight is 750 g/mol. The van der Waals surface area contributed by atoms with Gasteiger partial charge in [0.05, 0.1) is 38.4 Å². The number of H-pyrrole nitrogens is 1. The second-order valence-corrected chi connectivity index (χ2v) is 11.8. The zero-order valence-corrected chi connectivity index (χ0v) is 28.8. The number of guanidine groups is 1. The summed E-state index contributed by atoms with van der Waals surface area (Å²) in [6, 6.07) is 0.0138. The summed E-state index contributed by atoms with van der Waals surface area (Å²) in [7, 11) is 0. The van der Waals surface area contributed by atoms with Gasteiger partial charge in [-0.1, -0.05) is 18.2 Å². The number of fused-ring (bicyclic) bond motifs is 1. The molecule has 0 saturated carbocycles. The fourth-order valence-electron chi connectivity index (χ4n) is 4.74. The molecule has 2 aromatic rings. The summed E-state index contributed by atoms with van der Waals surface area (Å²) in [4.78, 5) is 94.1. The molecule has 292 valence electrons. The molecule has 0 bridgehead atoms. The monoisotopic (exact) mass is 749 g/mol. The third kappa shape index (κ3) is 14.4. The van der Waals surface area contributed by atoms with E-state index in [1.54, 1.807) is 12.3 Å². The average Bonchev–Trinajstić information content (AvgIpc) is 3.53. The third-order valence-electron chi connectivity index (χ3n) is 7.60. The van der Waals surface area contributed by atoms with Crippen molar-refractivity contribution in [3.8, 4) is 0 Å². The van der Waals surface area contributed by atoms with Crippen LogP contribution in [0.4, 0.5) is 0 Å². The number of rotatable bonds is 22. The lowest BCUT2D eigenvalue weighted by Crippen LogP contribution is -2.58. The molecule has 0 fully saturated rings. The van der Waals surface area contributed by atoms with Crippen LogP contribution in [0.15, 0.2) is 35.5 Å². The minimum atomic E-state index is -1.72. The maximum absolute atomic E-state index is 13.4. The molecule has 0 radical (unpaired) electrons. The van der Waals surface area contributed by atoms with Crippen LogP contribution in [0, 0.1) is 0 Å². The minimum absolute atomic E-state index is 0.0357. The second-order valence-electron chi connectivity index (χ2n) is 11.8. The topological polar surface area (TPSA) is 379 Å². The van der Waals surface area contributed by atoms with E-state index in [0.29, 0.717) is 12.0 Å². The summed E-state index contributed by atoms with van der Waals surface area (Å²) < 4.78 is 0. The first-order valence-electron chi connectivity index (χ1n) is 16.3. The van der Waals surface area contributed by atoms with Crippen LogP contribution in [0.2, 0.25) is 0 Å². The van der Waals surface area contributed by atoms with Crippen LogP contribution >= 0.6 is 0 Å². The summed E-state index contributed by atoms with van der Waals surface area (Å²) in [5, 5.41) is 52.0. The van der Waals surface area contributed by atoms with Gasteiger partial charge in [0.1, 0.15) is 18.1 Å². The van der Waals surface area contributed by atoms with Gasteiger partial charge in [-0.2, -0.15) is 0 Å². The minimum Gasteiger partial charge on any atom is -0.480 e. The lowest BCUT2D eigenvalue weighted by atomic mass is 10.0. The summed E-state index contributed by atoms with van der Waals surface area (Å²) >= 11 is 0. The maximum Gasteiger partial charge on any atom is 0.328 e. The standard InChI is InChI=1S/C31H47N11O11/c1-15(45)25(30(52)53)42-29(51)22(14-44)39-24(47)12-37-23(46)11-38-27(49)21(13-43)41-28(50)20(9-16-10-36-19-7-3-2-5-17(16)19)40-26(48)18(32)6-4-8-35-31(33)34/h2-3,5,7,10,15,18,20-22,25,36,43-45H,4,6,8-9,11-14,32H2,1H3,(H,37,46)(H,38,49)(H,39,47)(H,40,48)(H,41,50)(H,42,51)(H,52,53)(H4,33,34,35)/t15-,18+,20+,21+,22+,25+/m1/s1. The number of hydrogen-bond acceptors (Lipinski definition) is 12. The van der Waals surface area contributed by atoms with Crippen molar-refractivity contribution in [2.45, 2.75) is 62.5 Å². The van der Waals surface area contributed by atoms with Gasteiger partial charge in [-0.3, -0.25) is 33.8 Å². The Morgan fingerprint density at radius 1 is 0.811 bits per heavy atom. The molecule has 0 unspecified atom stereocenters. The number of aliphatic hydroxyl groups is 3. The Morgan fingerprint density at radius 2 is 1.42 bits per heavy atom. The predicted molar refractivity (Wildman–Crippen MR) is 187 cm³/mol. The van der Waals surface area contributed by atoms with Crippen LogP contribution in [0.1, 0.15) is 25.3 Å². The van der Waals surface area contributed by atoms with Crippen molar-refractivity contribution in [3.63, 3.8) is 0 Å².